The molecule has 126 valence electrons. The van der Waals surface area contributed by atoms with Gasteiger partial charge in [0.25, 0.3) is 0 Å². The summed E-state index contributed by atoms with van der Waals surface area (Å²) < 4.78 is 10.3. The number of ether oxygens (including phenoxy) is 2. The lowest BCUT2D eigenvalue weighted by atomic mass is 10.2. The number of likely N-dealkylation sites (tertiary alicyclic amines) is 1. The Balaban J connectivity index is 1.84. The first-order chi connectivity index (χ1) is 10.6. The Kier molecular flexibility index (Phi) is 6.60. The molecule has 0 aromatic carbocycles. The molecule has 0 spiro atoms. The molecule has 2 heterocycles. The van der Waals surface area contributed by atoms with Crippen LogP contribution in [0.5, 0.6) is 0 Å². The molecule has 7 heteroatoms. The second-order valence-corrected chi connectivity index (χ2v) is 5.99. The molecule has 2 aliphatic heterocycles. The first-order valence-electron chi connectivity index (χ1n) is 8.00. The summed E-state index contributed by atoms with van der Waals surface area (Å²) in [6, 6.07) is -0.185. The van der Waals surface area contributed by atoms with Crippen LogP contribution in [-0.2, 0) is 19.1 Å². The fourth-order valence-electron chi connectivity index (χ4n) is 3.09. The first-order valence-corrected chi connectivity index (χ1v) is 8.00. The monoisotopic (exact) mass is 313 g/mol. The molecule has 2 fully saturated rings. The quantitative estimate of drug-likeness (QED) is 0.713. The van der Waals surface area contributed by atoms with E-state index in [1.54, 1.807) is 7.11 Å². The number of amides is 2. The van der Waals surface area contributed by atoms with Crippen LogP contribution in [-0.4, -0.2) is 86.8 Å². The van der Waals surface area contributed by atoms with Crippen LogP contribution in [0.1, 0.15) is 19.8 Å². The highest BCUT2D eigenvalue weighted by molar-refractivity contribution is 5.84. The zero-order chi connectivity index (χ0) is 15.9. The average Bonchev–Trinajstić information content (AvgIpc) is 2.95. The van der Waals surface area contributed by atoms with E-state index in [-0.39, 0.29) is 30.4 Å². The van der Waals surface area contributed by atoms with Crippen molar-refractivity contribution < 1.29 is 19.1 Å². The van der Waals surface area contributed by atoms with Crippen LogP contribution < -0.4 is 5.32 Å². The summed E-state index contributed by atoms with van der Waals surface area (Å²) in [5.41, 5.74) is 0. The molecule has 0 aliphatic carbocycles. The number of carbonyl (C=O) groups excluding carboxylic acids is 2. The summed E-state index contributed by atoms with van der Waals surface area (Å²) in [5, 5.41) is 2.90. The summed E-state index contributed by atoms with van der Waals surface area (Å²) >= 11 is 0. The van der Waals surface area contributed by atoms with Crippen molar-refractivity contribution in [3.05, 3.63) is 0 Å². The molecule has 0 bridgehead atoms. The van der Waals surface area contributed by atoms with Crippen LogP contribution in [0, 0.1) is 0 Å². The molecule has 22 heavy (non-hydrogen) atoms. The van der Waals surface area contributed by atoms with E-state index in [0.29, 0.717) is 32.9 Å². The molecule has 0 aromatic heterocycles. The molecule has 1 N–H and O–H groups in total. The van der Waals surface area contributed by atoms with Crippen molar-refractivity contribution in [3.8, 4) is 0 Å². The number of carbonyl (C=O) groups is 2. The van der Waals surface area contributed by atoms with Gasteiger partial charge < -0.3 is 19.7 Å². The molecule has 2 unspecified atom stereocenters. The maximum Gasteiger partial charge on any atom is 0.240 e. The predicted molar refractivity (Wildman–Crippen MR) is 81.5 cm³/mol. The Morgan fingerprint density at radius 1 is 1.32 bits per heavy atom. The predicted octanol–water partition coefficient (Wildman–Crippen LogP) is -0.539. The van der Waals surface area contributed by atoms with Gasteiger partial charge in [-0.2, -0.15) is 0 Å². The van der Waals surface area contributed by atoms with Gasteiger partial charge in [0.15, 0.2) is 0 Å². The second-order valence-electron chi connectivity index (χ2n) is 5.99. The van der Waals surface area contributed by atoms with Gasteiger partial charge in [0.05, 0.1) is 32.4 Å². The molecule has 2 amide bonds. The smallest absolute Gasteiger partial charge is 0.240 e. The number of methoxy groups -OCH3 is 1. The lowest BCUT2D eigenvalue weighted by Crippen LogP contribution is -2.52. The highest BCUT2D eigenvalue weighted by Gasteiger charge is 2.35. The highest BCUT2D eigenvalue weighted by atomic mass is 16.5. The summed E-state index contributed by atoms with van der Waals surface area (Å²) in [4.78, 5) is 28.5. The van der Waals surface area contributed by atoms with Crippen molar-refractivity contribution >= 4 is 11.8 Å². The van der Waals surface area contributed by atoms with Gasteiger partial charge in [-0.05, 0) is 26.3 Å². The third-order valence-corrected chi connectivity index (χ3v) is 4.14. The average molecular weight is 313 g/mol. The Morgan fingerprint density at radius 2 is 2.05 bits per heavy atom. The van der Waals surface area contributed by atoms with Crippen LogP contribution in [0.4, 0.5) is 0 Å². The Morgan fingerprint density at radius 3 is 2.73 bits per heavy atom. The van der Waals surface area contributed by atoms with Gasteiger partial charge in [-0.15, -0.1) is 0 Å². The number of morpholine rings is 1. The first kappa shape index (κ1) is 17.2. The van der Waals surface area contributed by atoms with Crippen LogP contribution in [0.15, 0.2) is 0 Å². The summed E-state index contributed by atoms with van der Waals surface area (Å²) in [7, 11) is 1.61. The number of hydrogen-bond donors (Lipinski definition) is 1. The van der Waals surface area contributed by atoms with E-state index in [0.717, 1.165) is 19.4 Å². The van der Waals surface area contributed by atoms with E-state index < -0.39 is 0 Å². The zero-order valence-corrected chi connectivity index (χ0v) is 13.5. The largest absolute Gasteiger partial charge is 0.383 e. The van der Waals surface area contributed by atoms with Crippen molar-refractivity contribution in [1.82, 2.24) is 15.1 Å². The minimum atomic E-state index is -0.165. The van der Waals surface area contributed by atoms with Crippen molar-refractivity contribution in [2.24, 2.45) is 0 Å². The summed E-state index contributed by atoms with van der Waals surface area (Å²) in [6.07, 6.45) is 1.79. The van der Waals surface area contributed by atoms with Crippen molar-refractivity contribution in [2.75, 3.05) is 53.1 Å². The minimum absolute atomic E-state index is 0.0199. The SMILES string of the molecule is COCC(C)NC(=O)CN1CCCC1C(=O)N1CCOCC1. The van der Waals surface area contributed by atoms with Gasteiger partial charge in [0, 0.05) is 26.2 Å². The Hall–Kier alpha value is -1.18. The van der Waals surface area contributed by atoms with Crippen molar-refractivity contribution in [1.29, 1.82) is 0 Å². The topological polar surface area (TPSA) is 71.1 Å². The second kappa shape index (κ2) is 8.45. The zero-order valence-electron chi connectivity index (χ0n) is 13.5. The lowest BCUT2D eigenvalue weighted by Gasteiger charge is -2.32. The van der Waals surface area contributed by atoms with Gasteiger partial charge in [-0.3, -0.25) is 14.5 Å². The van der Waals surface area contributed by atoms with Gasteiger partial charge >= 0.3 is 0 Å². The van der Waals surface area contributed by atoms with Crippen LogP contribution in [0.2, 0.25) is 0 Å². The normalized spacial score (nSPS) is 24.3. The molecular formula is C15H27N3O4. The van der Waals surface area contributed by atoms with E-state index in [9.17, 15) is 9.59 Å². The van der Waals surface area contributed by atoms with E-state index in [1.807, 2.05) is 16.7 Å². The standard InChI is InChI=1S/C15H27N3O4/c1-12(11-21-2)16-14(19)10-18-5-3-4-13(18)15(20)17-6-8-22-9-7-17/h12-13H,3-11H2,1-2H3,(H,16,19). The fourth-order valence-corrected chi connectivity index (χ4v) is 3.09. The number of hydrogen-bond acceptors (Lipinski definition) is 5. The molecule has 7 nitrogen and oxygen atoms in total. The van der Waals surface area contributed by atoms with E-state index >= 15 is 0 Å². The van der Waals surface area contributed by atoms with E-state index in [4.69, 9.17) is 9.47 Å². The Bertz CT molecular complexity index is 385. The maximum atomic E-state index is 12.6. The van der Waals surface area contributed by atoms with Gasteiger partial charge in [0.1, 0.15) is 0 Å². The molecular weight excluding hydrogens is 286 g/mol. The molecule has 2 saturated heterocycles. The van der Waals surface area contributed by atoms with Gasteiger partial charge in [0.2, 0.25) is 11.8 Å². The van der Waals surface area contributed by atoms with Gasteiger partial charge in [-0.1, -0.05) is 0 Å². The molecule has 2 aliphatic rings. The third-order valence-electron chi connectivity index (χ3n) is 4.14. The summed E-state index contributed by atoms with van der Waals surface area (Å²) in [5.74, 6) is 0.0877. The highest BCUT2D eigenvalue weighted by Crippen LogP contribution is 2.19. The minimum Gasteiger partial charge on any atom is -0.383 e. The van der Waals surface area contributed by atoms with Crippen molar-refractivity contribution in [3.63, 3.8) is 0 Å². The number of nitrogens with one attached hydrogen (secondary N) is 1. The molecule has 2 atom stereocenters. The fraction of sp³-hybridized carbons (Fsp3) is 0.867. The van der Waals surface area contributed by atoms with Crippen LogP contribution in [0.25, 0.3) is 0 Å². The van der Waals surface area contributed by atoms with Crippen LogP contribution in [0.3, 0.4) is 0 Å². The molecule has 0 aromatic rings. The molecule has 0 radical (unpaired) electrons. The molecule has 2 rings (SSSR count). The maximum absolute atomic E-state index is 12.6. The van der Waals surface area contributed by atoms with E-state index in [1.165, 1.54) is 0 Å². The lowest BCUT2D eigenvalue weighted by molar-refractivity contribution is -0.140. The Labute approximate surface area is 131 Å². The van der Waals surface area contributed by atoms with Gasteiger partial charge in [-0.25, -0.2) is 0 Å². The summed E-state index contributed by atoms with van der Waals surface area (Å²) in [6.45, 7) is 5.98. The van der Waals surface area contributed by atoms with Crippen molar-refractivity contribution in [2.45, 2.75) is 31.8 Å². The number of nitrogens with zero attached hydrogens (tertiary/aromatic N) is 2. The van der Waals surface area contributed by atoms with Crippen LogP contribution >= 0.6 is 0 Å². The number of rotatable bonds is 6. The van der Waals surface area contributed by atoms with E-state index in [2.05, 4.69) is 5.32 Å². The molecule has 0 saturated carbocycles. The third kappa shape index (κ3) is 4.66.